The number of benzene rings is 1. The summed E-state index contributed by atoms with van der Waals surface area (Å²) in [5.74, 6) is 0.998. The molecule has 0 unspecified atom stereocenters. The minimum absolute atomic E-state index is 0.00273. The summed E-state index contributed by atoms with van der Waals surface area (Å²) in [5.41, 5.74) is 2.10. The minimum Gasteiger partial charge on any atom is -0.496 e. The molecule has 0 spiro atoms. The fourth-order valence-electron chi connectivity index (χ4n) is 2.76. The van der Waals surface area contributed by atoms with Crippen molar-refractivity contribution in [2.45, 2.75) is 33.2 Å². The lowest BCUT2D eigenvalue weighted by Gasteiger charge is -2.30. The van der Waals surface area contributed by atoms with E-state index >= 15 is 0 Å². The van der Waals surface area contributed by atoms with Crippen LogP contribution in [0.25, 0.3) is 0 Å². The Morgan fingerprint density at radius 2 is 2.00 bits per heavy atom. The number of hydrogen-bond acceptors (Lipinski definition) is 3. The van der Waals surface area contributed by atoms with Crippen molar-refractivity contribution in [3.8, 4) is 5.75 Å². The first kappa shape index (κ1) is 16.3. The molecule has 22 heavy (non-hydrogen) atoms. The first-order valence-corrected chi connectivity index (χ1v) is 7.68. The van der Waals surface area contributed by atoms with Gasteiger partial charge in [-0.1, -0.05) is 12.1 Å². The molecule has 1 aliphatic heterocycles. The van der Waals surface area contributed by atoms with E-state index in [4.69, 9.17) is 4.74 Å². The molecule has 1 aliphatic rings. The second kappa shape index (κ2) is 7.29. The molecule has 1 aromatic rings. The maximum atomic E-state index is 12.2. The SMILES string of the molecule is COc1cc(CNC(=O)C2CCN(C(C)=O)CC2)ccc1C. The number of carbonyl (C=O) groups is 2. The maximum Gasteiger partial charge on any atom is 0.223 e. The Hall–Kier alpha value is -2.04. The molecular formula is C17H24N2O3. The van der Waals surface area contributed by atoms with E-state index in [1.165, 1.54) is 0 Å². The molecule has 5 heteroatoms. The summed E-state index contributed by atoms with van der Waals surface area (Å²) in [6.45, 7) is 5.41. The Bertz CT molecular complexity index is 549. The van der Waals surface area contributed by atoms with Gasteiger partial charge in [-0.2, -0.15) is 0 Å². The summed E-state index contributed by atoms with van der Waals surface area (Å²) in [5, 5.41) is 2.99. The Morgan fingerprint density at radius 1 is 1.32 bits per heavy atom. The fourth-order valence-corrected chi connectivity index (χ4v) is 2.76. The monoisotopic (exact) mass is 304 g/mol. The van der Waals surface area contributed by atoms with Crippen LogP contribution in [0.2, 0.25) is 0 Å². The average Bonchev–Trinajstić information content (AvgIpc) is 2.53. The van der Waals surface area contributed by atoms with E-state index < -0.39 is 0 Å². The van der Waals surface area contributed by atoms with Crippen LogP contribution < -0.4 is 10.1 Å². The highest BCUT2D eigenvalue weighted by Crippen LogP contribution is 2.20. The Balaban J connectivity index is 1.84. The smallest absolute Gasteiger partial charge is 0.223 e. The van der Waals surface area contributed by atoms with Crippen LogP contribution in [-0.4, -0.2) is 36.9 Å². The molecule has 120 valence electrons. The molecule has 2 rings (SSSR count). The molecule has 1 saturated heterocycles. The van der Waals surface area contributed by atoms with Crippen molar-refractivity contribution in [3.63, 3.8) is 0 Å². The van der Waals surface area contributed by atoms with Gasteiger partial charge in [-0.3, -0.25) is 9.59 Å². The van der Waals surface area contributed by atoms with Gasteiger partial charge in [0.1, 0.15) is 5.75 Å². The summed E-state index contributed by atoms with van der Waals surface area (Å²) in [4.78, 5) is 25.3. The third-order valence-corrected chi connectivity index (χ3v) is 4.25. The molecule has 0 aliphatic carbocycles. The van der Waals surface area contributed by atoms with E-state index in [2.05, 4.69) is 5.32 Å². The number of aryl methyl sites for hydroxylation is 1. The number of hydrogen-bond donors (Lipinski definition) is 1. The normalized spacial score (nSPS) is 15.5. The highest BCUT2D eigenvalue weighted by Gasteiger charge is 2.25. The van der Waals surface area contributed by atoms with Gasteiger partial charge in [0.15, 0.2) is 0 Å². The van der Waals surface area contributed by atoms with Gasteiger partial charge in [-0.15, -0.1) is 0 Å². The Kier molecular flexibility index (Phi) is 5.41. The number of nitrogens with one attached hydrogen (secondary N) is 1. The van der Waals surface area contributed by atoms with Crippen LogP contribution in [0.3, 0.4) is 0 Å². The maximum absolute atomic E-state index is 12.2. The fraction of sp³-hybridized carbons (Fsp3) is 0.529. The first-order chi connectivity index (χ1) is 10.5. The van der Waals surface area contributed by atoms with E-state index in [9.17, 15) is 9.59 Å². The van der Waals surface area contributed by atoms with Crippen molar-refractivity contribution in [1.82, 2.24) is 10.2 Å². The molecule has 0 aromatic heterocycles. The molecule has 5 nitrogen and oxygen atoms in total. The number of carbonyl (C=O) groups excluding carboxylic acids is 2. The third kappa shape index (κ3) is 4.00. The van der Waals surface area contributed by atoms with E-state index in [1.807, 2.05) is 25.1 Å². The van der Waals surface area contributed by atoms with Crippen LogP contribution in [0.5, 0.6) is 5.75 Å². The van der Waals surface area contributed by atoms with Crippen LogP contribution in [0, 0.1) is 12.8 Å². The second-order valence-electron chi connectivity index (χ2n) is 5.80. The summed E-state index contributed by atoms with van der Waals surface area (Å²) < 4.78 is 5.29. The molecule has 1 heterocycles. The van der Waals surface area contributed by atoms with Gasteiger partial charge in [0.05, 0.1) is 7.11 Å². The van der Waals surface area contributed by atoms with Gasteiger partial charge < -0.3 is 15.0 Å². The number of ether oxygens (including phenoxy) is 1. The van der Waals surface area contributed by atoms with Crippen molar-refractivity contribution >= 4 is 11.8 Å². The van der Waals surface area contributed by atoms with Gasteiger partial charge in [-0.05, 0) is 37.0 Å². The number of rotatable bonds is 4. The highest BCUT2D eigenvalue weighted by molar-refractivity contribution is 5.79. The Labute approximate surface area is 131 Å². The quantitative estimate of drug-likeness (QED) is 0.924. The zero-order valence-electron chi connectivity index (χ0n) is 13.5. The van der Waals surface area contributed by atoms with Gasteiger partial charge in [0, 0.05) is 32.5 Å². The lowest BCUT2D eigenvalue weighted by atomic mass is 9.96. The number of amides is 2. The Morgan fingerprint density at radius 3 is 2.59 bits per heavy atom. The van der Waals surface area contributed by atoms with Crippen LogP contribution in [-0.2, 0) is 16.1 Å². The summed E-state index contributed by atoms with van der Waals surface area (Å²) in [7, 11) is 1.65. The van der Waals surface area contributed by atoms with Crippen LogP contribution in [0.1, 0.15) is 30.9 Å². The summed E-state index contributed by atoms with van der Waals surface area (Å²) in [6.07, 6.45) is 1.48. The van der Waals surface area contributed by atoms with E-state index in [-0.39, 0.29) is 17.7 Å². The lowest BCUT2D eigenvalue weighted by molar-refractivity contribution is -0.134. The number of nitrogens with zero attached hydrogens (tertiary/aromatic N) is 1. The number of methoxy groups -OCH3 is 1. The number of likely N-dealkylation sites (tertiary alicyclic amines) is 1. The van der Waals surface area contributed by atoms with Gasteiger partial charge in [-0.25, -0.2) is 0 Å². The minimum atomic E-state index is 0.00273. The molecule has 2 amide bonds. The summed E-state index contributed by atoms with van der Waals surface area (Å²) in [6, 6.07) is 5.94. The van der Waals surface area contributed by atoms with Gasteiger partial charge in [0.2, 0.25) is 11.8 Å². The van der Waals surface area contributed by atoms with Crippen LogP contribution in [0.4, 0.5) is 0 Å². The van der Waals surface area contributed by atoms with Crippen molar-refractivity contribution in [1.29, 1.82) is 0 Å². The molecular weight excluding hydrogens is 280 g/mol. The largest absolute Gasteiger partial charge is 0.496 e. The predicted molar refractivity (Wildman–Crippen MR) is 84.6 cm³/mol. The van der Waals surface area contributed by atoms with Crippen molar-refractivity contribution < 1.29 is 14.3 Å². The zero-order chi connectivity index (χ0) is 16.1. The van der Waals surface area contributed by atoms with Crippen molar-refractivity contribution in [3.05, 3.63) is 29.3 Å². The molecule has 1 aromatic carbocycles. The average molecular weight is 304 g/mol. The molecule has 0 radical (unpaired) electrons. The third-order valence-electron chi connectivity index (χ3n) is 4.25. The van der Waals surface area contributed by atoms with Gasteiger partial charge in [0.25, 0.3) is 0 Å². The zero-order valence-corrected chi connectivity index (χ0v) is 13.5. The topological polar surface area (TPSA) is 58.6 Å². The van der Waals surface area contributed by atoms with E-state index in [0.29, 0.717) is 19.6 Å². The van der Waals surface area contributed by atoms with E-state index in [1.54, 1.807) is 18.9 Å². The summed E-state index contributed by atoms with van der Waals surface area (Å²) >= 11 is 0. The highest BCUT2D eigenvalue weighted by atomic mass is 16.5. The molecule has 0 saturated carbocycles. The van der Waals surface area contributed by atoms with Crippen LogP contribution in [0.15, 0.2) is 18.2 Å². The van der Waals surface area contributed by atoms with Crippen molar-refractivity contribution in [2.75, 3.05) is 20.2 Å². The van der Waals surface area contributed by atoms with Gasteiger partial charge >= 0.3 is 0 Å². The van der Waals surface area contributed by atoms with Crippen LogP contribution >= 0.6 is 0 Å². The van der Waals surface area contributed by atoms with Crippen molar-refractivity contribution in [2.24, 2.45) is 5.92 Å². The second-order valence-corrected chi connectivity index (χ2v) is 5.80. The molecule has 1 fully saturated rings. The molecule has 1 N–H and O–H groups in total. The number of piperidine rings is 1. The molecule has 0 bridgehead atoms. The molecule has 0 atom stereocenters. The predicted octanol–water partition coefficient (Wildman–Crippen LogP) is 1.88. The first-order valence-electron chi connectivity index (χ1n) is 7.68. The van der Waals surface area contributed by atoms with E-state index in [0.717, 1.165) is 29.7 Å². The lowest BCUT2D eigenvalue weighted by Crippen LogP contribution is -2.42. The standard InChI is InChI=1S/C17H24N2O3/c1-12-4-5-14(10-16(12)22-3)11-18-17(21)15-6-8-19(9-7-15)13(2)20/h4-5,10,15H,6-9,11H2,1-3H3,(H,18,21).